The van der Waals surface area contributed by atoms with E-state index in [1.807, 2.05) is 18.2 Å². The Morgan fingerprint density at radius 3 is 1.37 bits per heavy atom. The smallest absolute Gasteiger partial charge is 0.238 e. The molecule has 0 aliphatic rings. The molecular weight excluding hydrogens is 755 g/mol. The van der Waals surface area contributed by atoms with Crippen molar-refractivity contribution < 1.29 is 0 Å². The fourth-order valence-electron chi connectivity index (χ4n) is 9.14. The fourth-order valence-corrected chi connectivity index (χ4v) is 9.14. The Balaban J connectivity index is 1.14. The summed E-state index contributed by atoms with van der Waals surface area (Å²) in [7, 11) is 0. The van der Waals surface area contributed by atoms with Crippen LogP contribution in [0.2, 0.25) is 0 Å². The number of rotatable bonds is 7. The van der Waals surface area contributed by atoms with Crippen molar-refractivity contribution in [1.29, 1.82) is 0 Å². The van der Waals surface area contributed by atoms with E-state index in [9.17, 15) is 0 Å². The van der Waals surface area contributed by atoms with Crippen LogP contribution in [0.1, 0.15) is 0 Å². The second kappa shape index (κ2) is 14.7. The van der Waals surface area contributed by atoms with Gasteiger partial charge in [0.25, 0.3) is 0 Å². The minimum atomic E-state index is 0.558. The highest BCUT2D eigenvalue weighted by molar-refractivity contribution is 6.29. The first-order valence-electron chi connectivity index (χ1n) is 21.0. The largest absolute Gasteiger partial charge is 0.309 e. The SMILES string of the molecule is c1ccc(-c2cccc(-c3ccc(-c4nc(-c5ccccc5)nc(-n5c6ccccc6c6c(-c7ccccc7)cc7c(c8ccccc8n7-c7ccccc7)c65)n4)cc3)c2)cc1. The van der Waals surface area contributed by atoms with E-state index in [0.29, 0.717) is 17.6 Å². The van der Waals surface area contributed by atoms with Gasteiger partial charge in [-0.1, -0.05) is 188 Å². The lowest BCUT2D eigenvalue weighted by Crippen LogP contribution is -2.06. The number of benzene rings is 9. The Hall–Kier alpha value is -8.41. The Labute approximate surface area is 358 Å². The number of hydrogen-bond donors (Lipinski definition) is 0. The van der Waals surface area contributed by atoms with Gasteiger partial charge in [-0.2, -0.15) is 9.97 Å². The molecule has 5 heteroatoms. The summed E-state index contributed by atoms with van der Waals surface area (Å²) in [6.07, 6.45) is 0. The molecule has 3 heterocycles. The third-order valence-corrected chi connectivity index (χ3v) is 12.0. The molecule has 62 heavy (non-hydrogen) atoms. The van der Waals surface area contributed by atoms with Crippen molar-refractivity contribution in [3.8, 4) is 67.8 Å². The van der Waals surface area contributed by atoms with Crippen LogP contribution < -0.4 is 0 Å². The molecular formula is C57H37N5. The number of aromatic nitrogens is 5. The Morgan fingerprint density at radius 1 is 0.290 bits per heavy atom. The monoisotopic (exact) mass is 791 g/mol. The lowest BCUT2D eigenvalue weighted by Gasteiger charge is -2.13. The maximum absolute atomic E-state index is 5.42. The minimum absolute atomic E-state index is 0.558. The minimum Gasteiger partial charge on any atom is -0.309 e. The molecule has 12 aromatic rings. The summed E-state index contributed by atoms with van der Waals surface area (Å²) < 4.78 is 4.67. The van der Waals surface area contributed by atoms with Crippen LogP contribution in [0, 0.1) is 0 Å². The van der Waals surface area contributed by atoms with Crippen molar-refractivity contribution in [2.75, 3.05) is 0 Å². The van der Waals surface area contributed by atoms with Gasteiger partial charge in [0, 0.05) is 38.4 Å². The molecule has 0 atom stereocenters. The highest BCUT2D eigenvalue weighted by atomic mass is 15.2. The Morgan fingerprint density at radius 2 is 0.742 bits per heavy atom. The second-order valence-electron chi connectivity index (χ2n) is 15.6. The molecule has 12 rings (SSSR count). The third kappa shape index (κ3) is 5.90. The zero-order chi connectivity index (χ0) is 41.0. The van der Waals surface area contributed by atoms with Crippen LogP contribution in [0.5, 0.6) is 0 Å². The van der Waals surface area contributed by atoms with E-state index in [1.165, 1.54) is 11.1 Å². The quantitative estimate of drug-likeness (QED) is 0.162. The number of hydrogen-bond acceptors (Lipinski definition) is 3. The molecule has 0 unspecified atom stereocenters. The first-order valence-corrected chi connectivity index (χ1v) is 21.0. The molecule has 3 aromatic heterocycles. The van der Waals surface area contributed by atoms with Crippen LogP contribution in [-0.4, -0.2) is 24.1 Å². The summed E-state index contributed by atoms with van der Waals surface area (Å²) in [5, 5.41) is 4.58. The number of nitrogens with zero attached hydrogens (tertiary/aromatic N) is 5. The van der Waals surface area contributed by atoms with Crippen LogP contribution >= 0.6 is 0 Å². The summed E-state index contributed by atoms with van der Waals surface area (Å²) in [6.45, 7) is 0. The summed E-state index contributed by atoms with van der Waals surface area (Å²) >= 11 is 0. The van der Waals surface area contributed by atoms with Crippen molar-refractivity contribution in [1.82, 2.24) is 24.1 Å². The average molecular weight is 792 g/mol. The third-order valence-electron chi connectivity index (χ3n) is 12.0. The van der Waals surface area contributed by atoms with Crippen LogP contribution in [0.4, 0.5) is 0 Å². The topological polar surface area (TPSA) is 48.5 Å². The van der Waals surface area contributed by atoms with Gasteiger partial charge in [0.15, 0.2) is 11.6 Å². The first kappa shape index (κ1) is 35.5. The van der Waals surface area contributed by atoms with Gasteiger partial charge in [0.2, 0.25) is 5.95 Å². The van der Waals surface area contributed by atoms with Gasteiger partial charge in [-0.3, -0.25) is 4.57 Å². The molecule has 0 spiro atoms. The molecule has 0 bridgehead atoms. The summed E-state index contributed by atoms with van der Waals surface area (Å²) in [4.78, 5) is 16.0. The molecule has 0 aliphatic heterocycles. The maximum atomic E-state index is 5.42. The van der Waals surface area contributed by atoms with Crippen molar-refractivity contribution in [2.24, 2.45) is 0 Å². The van der Waals surface area contributed by atoms with Gasteiger partial charge < -0.3 is 4.57 Å². The predicted molar refractivity (Wildman–Crippen MR) is 256 cm³/mol. The molecule has 9 aromatic carbocycles. The zero-order valence-corrected chi connectivity index (χ0v) is 33.6. The standard InChI is InChI=1S/C57H37N5/c1-5-18-38(19-6-1)43-24-17-25-44(36-43)39-32-34-42(35-33-39)56-58-55(41-22-9-3-10-23-41)59-57(60-56)62-50-31-16-13-28-46(50)52-48(40-20-7-2-8-21-40)37-51-53(54(52)62)47-29-14-15-30-49(47)61(51)45-26-11-4-12-27-45/h1-37H. The fraction of sp³-hybridized carbons (Fsp3) is 0. The maximum Gasteiger partial charge on any atom is 0.238 e. The van der Waals surface area contributed by atoms with Crippen LogP contribution in [0.3, 0.4) is 0 Å². The van der Waals surface area contributed by atoms with E-state index in [1.54, 1.807) is 0 Å². The van der Waals surface area contributed by atoms with Crippen molar-refractivity contribution in [3.63, 3.8) is 0 Å². The van der Waals surface area contributed by atoms with E-state index in [0.717, 1.165) is 82.7 Å². The zero-order valence-electron chi connectivity index (χ0n) is 33.6. The molecule has 0 fully saturated rings. The molecule has 0 N–H and O–H groups in total. The summed E-state index contributed by atoms with van der Waals surface area (Å²) in [6, 6.07) is 79.2. The van der Waals surface area contributed by atoms with E-state index >= 15 is 0 Å². The molecule has 0 saturated heterocycles. The number of para-hydroxylation sites is 3. The predicted octanol–water partition coefficient (Wildman–Crippen LogP) is 14.4. The van der Waals surface area contributed by atoms with Gasteiger partial charge in [0.05, 0.1) is 22.1 Å². The molecule has 0 amide bonds. The normalized spacial score (nSPS) is 11.5. The Bertz CT molecular complexity index is 3590. The van der Waals surface area contributed by atoms with Crippen molar-refractivity contribution >= 4 is 43.6 Å². The first-order chi connectivity index (χ1) is 30.8. The Kier molecular flexibility index (Phi) is 8.42. The van der Waals surface area contributed by atoms with Gasteiger partial charge in [-0.25, -0.2) is 4.98 Å². The average Bonchev–Trinajstić information content (AvgIpc) is 3.88. The molecule has 5 nitrogen and oxygen atoms in total. The van der Waals surface area contributed by atoms with E-state index in [4.69, 9.17) is 15.0 Å². The van der Waals surface area contributed by atoms with Gasteiger partial charge >= 0.3 is 0 Å². The van der Waals surface area contributed by atoms with Crippen LogP contribution in [-0.2, 0) is 0 Å². The highest BCUT2D eigenvalue weighted by Gasteiger charge is 2.26. The molecule has 290 valence electrons. The van der Waals surface area contributed by atoms with E-state index < -0.39 is 0 Å². The van der Waals surface area contributed by atoms with Crippen LogP contribution in [0.15, 0.2) is 224 Å². The van der Waals surface area contributed by atoms with Crippen molar-refractivity contribution in [2.45, 2.75) is 0 Å². The van der Waals surface area contributed by atoms with Gasteiger partial charge in [0.1, 0.15) is 0 Å². The van der Waals surface area contributed by atoms with E-state index in [2.05, 4.69) is 215 Å². The molecule has 0 radical (unpaired) electrons. The second-order valence-corrected chi connectivity index (χ2v) is 15.6. The lowest BCUT2D eigenvalue weighted by molar-refractivity contribution is 0.955. The summed E-state index contributed by atoms with van der Waals surface area (Å²) in [5.74, 6) is 1.77. The van der Waals surface area contributed by atoms with Crippen LogP contribution in [0.25, 0.3) is 111 Å². The highest BCUT2D eigenvalue weighted by Crippen LogP contribution is 2.46. The number of fused-ring (bicyclic) bond motifs is 7. The summed E-state index contributed by atoms with van der Waals surface area (Å²) in [5.41, 5.74) is 14.2. The van der Waals surface area contributed by atoms with Gasteiger partial charge in [-0.15, -0.1) is 0 Å². The van der Waals surface area contributed by atoms with Crippen molar-refractivity contribution in [3.05, 3.63) is 224 Å². The van der Waals surface area contributed by atoms with E-state index in [-0.39, 0.29) is 0 Å². The van der Waals surface area contributed by atoms with Gasteiger partial charge in [-0.05, 0) is 69.8 Å². The molecule has 0 aliphatic carbocycles. The molecule has 0 saturated carbocycles. The lowest BCUT2D eigenvalue weighted by atomic mass is 9.97.